The first-order valence-corrected chi connectivity index (χ1v) is 6.38. The van der Waals surface area contributed by atoms with Gasteiger partial charge in [0, 0.05) is 10.6 Å². The molecule has 2 aromatic heterocycles. The number of ether oxygens (including phenoxy) is 1. The van der Waals surface area contributed by atoms with Crippen LogP contribution in [0.5, 0.6) is 11.6 Å². The minimum absolute atomic E-state index is 0.523. The Morgan fingerprint density at radius 3 is 2.72 bits per heavy atom. The van der Waals surface area contributed by atoms with E-state index in [1.807, 2.05) is 31.3 Å². The van der Waals surface area contributed by atoms with E-state index in [0.29, 0.717) is 5.88 Å². The van der Waals surface area contributed by atoms with E-state index in [9.17, 15) is 0 Å². The third-order valence-corrected chi connectivity index (χ3v) is 3.24. The molecule has 0 saturated heterocycles. The molecule has 90 valence electrons. The van der Waals surface area contributed by atoms with Crippen LogP contribution >= 0.6 is 22.6 Å². The SMILES string of the molecule is Cn1ncc2c(Oc3ccc(I)cc3)ncnc21. The van der Waals surface area contributed by atoms with Crippen molar-refractivity contribution >= 4 is 33.6 Å². The predicted octanol–water partition coefficient (Wildman–Crippen LogP) is 2.76. The summed E-state index contributed by atoms with van der Waals surface area (Å²) >= 11 is 2.25. The number of hydrogen-bond donors (Lipinski definition) is 0. The molecule has 0 radical (unpaired) electrons. The fourth-order valence-corrected chi connectivity index (χ4v) is 2.00. The first-order valence-electron chi connectivity index (χ1n) is 5.30. The molecule has 18 heavy (non-hydrogen) atoms. The van der Waals surface area contributed by atoms with Crippen LogP contribution in [0.25, 0.3) is 11.0 Å². The minimum atomic E-state index is 0.523. The number of hydrogen-bond acceptors (Lipinski definition) is 4. The van der Waals surface area contributed by atoms with Gasteiger partial charge >= 0.3 is 0 Å². The largest absolute Gasteiger partial charge is 0.438 e. The van der Waals surface area contributed by atoms with Gasteiger partial charge in [-0.1, -0.05) is 0 Å². The van der Waals surface area contributed by atoms with Crippen molar-refractivity contribution in [1.29, 1.82) is 0 Å². The molecule has 0 aliphatic carbocycles. The van der Waals surface area contributed by atoms with Gasteiger partial charge in [0.1, 0.15) is 17.5 Å². The normalized spacial score (nSPS) is 10.8. The van der Waals surface area contributed by atoms with E-state index in [2.05, 4.69) is 37.7 Å². The fourth-order valence-electron chi connectivity index (χ4n) is 1.64. The molecule has 3 aromatic rings. The standard InChI is InChI=1S/C12H9IN4O/c1-17-11-10(6-16-17)12(15-7-14-11)18-9-4-2-8(13)3-5-9/h2-7H,1H3. The van der Waals surface area contributed by atoms with Crippen LogP contribution in [-0.4, -0.2) is 19.7 Å². The monoisotopic (exact) mass is 352 g/mol. The Bertz CT molecular complexity index is 693. The molecule has 0 aliphatic rings. The van der Waals surface area contributed by atoms with Gasteiger partial charge in [0.25, 0.3) is 0 Å². The molecule has 0 atom stereocenters. The van der Waals surface area contributed by atoms with E-state index in [-0.39, 0.29) is 0 Å². The van der Waals surface area contributed by atoms with E-state index in [1.54, 1.807) is 10.9 Å². The number of rotatable bonds is 2. The quantitative estimate of drug-likeness (QED) is 0.666. The van der Waals surface area contributed by atoms with Crippen molar-refractivity contribution in [3.8, 4) is 11.6 Å². The van der Waals surface area contributed by atoms with Crippen molar-refractivity contribution in [3.63, 3.8) is 0 Å². The molecule has 1 aromatic carbocycles. The molecule has 3 rings (SSSR count). The first kappa shape index (κ1) is 11.4. The average Bonchev–Trinajstić information content (AvgIpc) is 2.76. The maximum Gasteiger partial charge on any atom is 0.233 e. The van der Waals surface area contributed by atoms with E-state index in [4.69, 9.17) is 4.74 Å². The number of benzene rings is 1. The molecule has 0 unspecified atom stereocenters. The maximum absolute atomic E-state index is 5.75. The Morgan fingerprint density at radius 1 is 1.17 bits per heavy atom. The molecule has 0 spiro atoms. The highest BCUT2D eigenvalue weighted by atomic mass is 127. The van der Waals surface area contributed by atoms with Crippen LogP contribution in [0, 0.1) is 3.57 Å². The van der Waals surface area contributed by atoms with Crippen molar-refractivity contribution in [2.24, 2.45) is 7.05 Å². The van der Waals surface area contributed by atoms with Crippen LogP contribution in [-0.2, 0) is 7.05 Å². The van der Waals surface area contributed by atoms with Crippen LogP contribution in [0.2, 0.25) is 0 Å². The number of aryl methyl sites for hydroxylation is 1. The number of fused-ring (bicyclic) bond motifs is 1. The molecule has 2 heterocycles. The van der Waals surface area contributed by atoms with Crippen LogP contribution in [0.3, 0.4) is 0 Å². The predicted molar refractivity (Wildman–Crippen MR) is 75.5 cm³/mol. The molecule has 0 fully saturated rings. The van der Waals surface area contributed by atoms with Crippen LogP contribution in [0.1, 0.15) is 0 Å². The van der Waals surface area contributed by atoms with Crippen molar-refractivity contribution in [1.82, 2.24) is 19.7 Å². The highest BCUT2D eigenvalue weighted by Crippen LogP contribution is 2.26. The lowest BCUT2D eigenvalue weighted by atomic mass is 10.3. The number of halogens is 1. The third kappa shape index (κ3) is 2.03. The topological polar surface area (TPSA) is 52.8 Å². The summed E-state index contributed by atoms with van der Waals surface area (Å²) < 4.78 is 8.61. The summed E-state index contributed by atoms with van der Waals surface area (Å²) in [4.78, 5) is 8.31. The van der Waals surface area contributed by atoms with E-state index >= 15 is 0 Å². The van der Waals surface area contributed by atoms with Gasteiger partial charge in [-0.2, -0.15) is 5.10 Å². The summed E-state index contributed by atoms with van der Waals surface area (Å²) in [5, 5.41) is 4.95. The van der Waals surface area contributed by atoms with Gasteiger partial charge in [-0.15, -0.1) is 0 Å². The van der Waals surface area contributed by atoms with Gasteiger partial charge < -0.3 is 4.74 Å². The minimum Gasteiger partial charge on any atom is -0.438 e. The van der Waals surface area contributed by atoms with Crippen molar-refractivity contribution in [3.05, 3.63) is 40.4 Å². The zero-order chi connectivity index (χ0) is 12.5. The van der Waals surface area contributed by atoms with Crippen molar-refractivity contribution < 1.29 is 4.74 Å². The van der Waals surface area contributed by atoms with Crippen LogP contribution in [0.15, 0.2) is 36.8 Å². The zero-order valence-corrected chi connectivity index (χ0v) is 11.7. The summed E-state index contributed by atoms with van der Waals surface area (Å²) in [6.45, 7) is 0. The lowest BCUT2D eigenvalue weighted by Gasteiger charge is -2.05. The molecule has 0 aliphatic heterocycles. The summed E-state index contributed by atoms with van der Waals surface area (Å²) in [6, 6.07) is 7.78. The molecule has 0 bridgehead atoms. The summed E-state index contributed by atoms with van der Waals surface area (Å²) in [7, 11) is 1.84. The lowest BCUT2D eigenvalue weighted by molar-refractivity contribution is 0.468. The van der Waals surface area contributed by atoms with Gasteiger partial charge in [0.2, 0.25) is 5.88 Å². The second-order valence-corrected chi connectivity index (χ2v) is 4.99. The third-order valence-electron chi connectivity index (χ3n) is 2.52. The van der Waals surface area contributed by atoms with Gasteiger partial charge in [-0.3, -0.25) is 4.68 Å². The van der Waals surface area contributed by atoms with E-state index < -0.39 is 0 Å². The second kappa shape index (κ2) is 4.52. The first-order chi connectivity index (χ1) is 8.74. The van der Waals surface area contributed by atoms with Crippen molar-refractivity contribution in [2.75, 3.05) is 0 Å². The second-order valence-electron chi connectivity index (χ2n) is 3.74. The molecule has 6 heteroatoms. The Balaban J connectivity index is 2.02. The molecule has 0 amide bonds. The Hall–Kier alpha value is -1.70. The van der Waals surface area contributed by atoms with Gasteiger partial charge in [0.05, 0.1) is 6.20 Å². The summed E-state index contributed by atoms with van der Waals surface area (Å²) in [5.74, 6) is 1.27. The molecule has 0 saturated carbocycles. The highest BCUT2D eigenvalue weighted by Gasteiger charge is 2.09. The van der Waals surface area contributed by atoms with Gasteiger partial charge in [-0.05, 0) is 46.9 Å². The zero-order valence-electron chi connectivity index (χ0n) is 9.54. The van der Waals surface area contributed by atoms with Crippen molar-refractivity contribution in [2.45, 2.75) is 0 Å². The molecule has 5 nitrogen and oxygen atoms in total. The van der Waals surface area contributed by atoms with Crippen LogP contribution < -0.4 is 4.74 Å². The fraction of sp³-hybridized carbons (Fsp3) is 0.0833. The van der Waals surface area contributed by atoms with Crippen LogP contribution in [0.4, 0.5) is 0 Å². The average molecular weight is 352 g/mol. The maximum atomic E-state index is 5.75. The Labute approximate surface area is 117 Å². The van der Waals surface area contributed by atoms with Gasteiger partial charge in [0.15, 0.2) is 5.65 Å². The smallest absolute Gasteiger partial charge is 0.233 e. The Morgan fingerprint density at radius 2 is 1.94 bits per heavy atom. The number of nitrogens with zero attached hydrogens (tertiary/aromatic N) is 4. The van der Waals surface area contributed by atoms with E-state index in [1.165, 1.54) is 6.33 Å². The molecular formula is C12H9IN4O. The highest BCUT2D eigenvalue weighted by molar-refractivity contribution is 14.1. The summed E-state index contributed by atoms with van der Waals surface area (Å²) in [6.07, 6.45) is 3.18. The Kier molecular flexibility index (Phi) is 2.86. The molecular weight excluding hydrogens is 343 g/mol. The number of aromatic nitrogens is 4. The molecule has 0 N–H and O–H groups in total. The van der Waals surface area contributed by atoms with Gasteiger partial charge in [-0.25, -0.2) is 9.97 Å². The summed E-state index contributed by atoms with van der Waals surface area (Å²) in [5.41, 5.74) is 0.755. The lowest BCUT2D eigenvalue weighted by Crippen LogP contribution is -1.94. The van der Waals surface area contributed by atoms with E-state index in [0.717, 1.165) is 20.4 Å².